The summed E-state index contributed by atoms with van der Waals surface area (Å²) in [5.41, 5.74) is 0. The van der Waals surface area contributed by atoms with Gasteiger partial charge in [-0.2, -0.15) is 0 Å². The minimum absolute atomic E-state index is 0.564. The quantitative estimate of drug-likeness (QED) is 0.684. The molecule has 1 fully saturated rings. The summed E-state index contributed by atoms with van der Waals surface area (Å²) in [6.45, 7) is 12.0. The van der Waals surface area contributed by atoms with Gasteiger partial charge in [0.15, 0.2) is 0 Å². The van der Waals surface area contributed by atoms with E-state index < -0.39 is 0 Å². The molecule has 15 heavy (non-hydrogen) atoms. The summed E-state index contributed by atoms with van der Waals surface area (Å²) in [5, 5.41) is 1.02. The standard InChI is InChI=1S/C11H23BrN2O/c1-3-13(4-2)5-6-14-7-8-15-10-11(14)9-12/h11H,3-10H2,1-2H3. The number of halogens is 1. The van der Waals surface area contributed by atoms with Crippen LogP contribution in [0.3, 0.4) is 0 Å². The van der Waals surface area contributed by atoms with Crippen molar-refractivity contribution < 1.29 is 4.74 Å². The van der Waals surface area contributed by atoms with Crippen LogP contribution in [0.5, 0.6) is 0 Å². The first kappa shape index (κ1) is 13.4. The molecule has 0 aromatic heterocycles. The average Bonchev–Trinajstić information content (AvgIpc) is 2.31. The fourth-order valence-corrected chi connectivity index (χ4v) is 2.53. The summed E-state index contributed by atoms with van der Waals surface area (Å²) in [6.07, 6.45) is 0. The molecule has 0 spiro atoms. The van der Waals surface area contributed by atoms with E-state index in [0.29, 0.717) is 6.04 Å². The van der Waals surface area contributed by atoms with Crippen molar-refractivity contribution in [1.29, 1.82) is 0 Å². The molecular weight excluding hydrogens is 256 g/mol. The molecule has 1 saturated heterocycles. The molecule has 0 saturated carbocycles. The van der Waals surface area contributed by atoms with Gasteiger partial charge >= 0.3 is 0 Å². The summed E-state index contributed by atoms with van der Waals surface area (Å²) in [6, 6.07) is 0.564. The number of ether oxygens (including phenoxy) is 1. The van der Waals surface area contributed by atoms with E-state index in [0.717, 1.165) is 38.2 Å². The van der Waals surface area contributed by atoms with Gasteiger partial charge in [0.2, 0.25) is 0 Å². The van der Waals surface area contributed by atoms with Crippen LogP contribution in [0.25, 0.3) is 0 Å². The zero-order valence-corrected chi connectivity index (χ0v) is 11.5. The Bertz CT molecular complexity index is 165. The smallest absolute Gasteiger partial charge is 0.0630 e. The Labute approximate surface area is 102 Å². The maximum atomic E-state index is 5.48. The van der Waals surface area contributed by atoms with Crippen molar-refractivity contribution in [3.63, 3.8) is 0 Å². The fraction of sp³-hybridized carbons (Fsp3) is 1.00. The zero-order chi connectivity index (χ0) is 11.1. The van der Waals surface area contributed by atoms with E-state index in [1.807, 2.05) is 0 Å². The van der Waals surface area contributed by atoms with E-state index in [1.54, 1.807) is 0 Å². The first-order chi connectivity index (χ1) is 7.31. The fourth-order valence-electron chi connectivity index (χ4n) is 1.94. The Morgan fingerprint density at radius 2 is 2.13 bits per heavy atom. The minimum Gasteiger partial charge on any atom is -0.378 e. The zero-order valence-electron chi connectivity index (χ0n) is 9.91. The third kappa shape index (κ3) is 4.39. The SMILES string of the molecule is CCN(CC)CCN1CCOCC1CBr. The van der Waals surface area contributed by atoms with Crippen LogP contribution in [-0.2, 0) is 4.74 Å². The summed E-state index contributed by atoms with van der Waals surface area (Å²) in [7, 11) is 0. The van der Waals surface area contributed by atoms with Gasteiger partial charge in [-0.3, -0.25) is 4.90 Å². The van der Waals surface area contributed by atoms with Gasteiger partial charge in [-0.1, -0.05) is 29.8 Å². The monoisotopic (exact) mass is 278 g/mol. The summed E-state index contributed by atoms with van der Waals surface area (Å²) in [5.74, 6) is 0. The van der Waals surface area contributed by atoms with Crippen molar-refractivity contribution in [2.45, 2.75) is 19.9 Å². The molecule has 4 heteroatoms. The molecule has 3 nitrogen and oxygen atoms in total. The molecule has 90 valence electrons. The summed E-state index contributed by atoms with van der Waals surface area (Å²) in [4.78, 5) is 5.01. The number of rotatable bonds is 6. The molecule has 0 radical (unpaired) electrons. The average molecular weight is 279 g/mol. The molecule has 0 aromatic rings. The van der Waals surface area contributed by atoms with Crippen LogP contribution in [0.1, 0.15) is 13.8 Å². The van der Waals surface area contributed by atoms with E-state index in [1.165, 1.54) is 13.1 Å². The van der Waals surface area contributed by atoms with Gasteiger partial charge in [0.25, 0.3) is 0 Å². The van der Waals surface area contributed by atoms with Gasteiger partial charge in [-0.15, -0.1) is 0 Å². The summed E-state index contributed by atoms with van der Waals surface area (Å²) < 4.78 is 5.48. The van der Waals surface area contributed by atoms with Gasteiger partial charge < -0.3 is 9.64 Å². The van der Waals surface area contributed by atoms with E-state index in [-0.39, 0.29) is 0 Å². The number of alkyl halides is 1. The van der Waals surface area contributed by atoms with Crippen LogP contribution in [0.15, 0.2) is 0 Å². The highest BCUT2D eigenvalue weighted by molar-refractivity contribution is 9.09. The van der Waals surface area contributed by atoms with Crippen molar-refractivity contribution in [2.75, 3.05) is 51.3 Å². The molecule has 1 atom stereocenters. The highest BCUT2D eigenvalue weighted by Gasteiger charge is 2.21. The van der Waals surface area contributed by atoms with Crippen LogP contribution in [-0.4, -0.2) is 67.1 Å². The van der Waals surface area contributed by atoms with Crippen molar-refractivity contribution in [3.05, 3.63) is 0 Å². The third-order valence-electron chi connectivity index (χ3n) is 3.13. The van der Waals surface area contributed by atoms with Gasteiger partial charge in [0, 0.05) is 31.0 Å². The molecule has 0 bridgehead atoms. The van der Waals surface area contributed by atoms with Crippen LogP contribution >= 0.6 is 15.9 Å². The number of likely N-dealkylation sites (N-methyl/N-ethyl adjacent to an activating group) is 1. The molecule has 0 N–H and O–H groups in total. The number of nitrogens with zero attached hydrogens (tertiary/aromatic N) is 2. The van der Waals surface area contributed by atoms with Gasteiger partial charge in [0.1, 0.15) is 0 Å². The minimum atomic E-state index is 0.564. The van der Waals surface area contributed by atoms with Crippen molar-refractivity contribution >= 4 is 15.9 Å². The lowest BCUT2D eigenvalue weighted by molar-refractivity contribution is -0.00144. The number of hydrogen-bond donors (Lipinski definition) is 0. The number of morpholine rings is 1. The lowest BCUT2D eigenvalue weighted by atomic mass is 10.2. The van der Waals surface area contributed by atoms with Gasteiger partial charge in [-0.25, -0.2) is 0 Å². The van der Waals surface area contributed by atoms with Crippen molar-refractivity contribution in [1.82, 2.24) is 9.80 Å². The predicted octanol–water partition coefficient (Wildman–Crippen LogP) is 1.42. The lowest BCUT2D eigenvalue weighted by Crippen LogP contribution is -2.49. The molecule has 0 amide bonds. The second-order valence-corrected chi connectivity index (χ2v) is 4.59. The van der Waals surface area contributed by atoms with Crippen LogP contribution in [0.4, 0.5) is 0 Å². The van der Waals surface area contributed by atoms with Crippen LogP contribution in [0, 0.1) is 0 Å². The maximum Gasteiger partial charge on any atom is 0.0630 e. The van der Waals surface area contributed by atoms with E-state index >= 15 is 0 Å². The molecular formula is C11H23BrN2O. The Balaban J connectivity index is 2.28. The van der Waals surface area contributed by atoms with Crippen molar-refractivity contribution in [2.24, 2.45) is 0 Å². The normalized spacial score (nSPS) is 23.6. The molecule has 1 heterocycles. The molecule has 1 aliphatic rings. The molecule has 1 rings (SSSR count). The second kappa shape index (κ2) is 7.60. The molecule has 0 aliphatic carbocycles. The Hall–Kier alpha value is 0.360. The first-order valence-corrected chi connectivity index (χ1v) is 7.04. The molecule has 1 aliphatic heterocycles. The largest absolute Gasteiger partial charge is 0.378 e. The first-order valence-electron chi connectivity index (χ1n) is 5.91. The Morgan fingerprint density at radius 1 is 1.40 bits per heavy atom. The van der Waals surface area contributed by atoms with E-state index in [9.17, 15) is 0 Å². The maximum absolute atomic E-state index is 5.48. The second-order valence-electron chi connectivity index (χ2n) is 3.95. The van der Waals surface area contributed by atoms with Crippen molar-refractivity contribution in [3.8, 4) is 0 Å². The van der Waals surface area contributed by atoms with Crippen LogP contribution < -0.4 is 0 Å². The number of hydrogen-bond acceptors (Lipinski definition) is 3. The topological polar surface area (TPSA) is 15.7 Å². The highest BCUT2D eigenvalue weighted by atomic mass is 79.9. The van der Waals surface area contributed by atoms with Gasteiger partial charge in [-0.05, 0) is 13.1 Å². The van der Waals surface area contributed by atoms with E-state index in [2.05, 4.69) is 39.6 Å². The Morgan fingerprint density at radius 3 is 2.73 bits per heavy atom. The van der Waals surface area contributed by atoms with Crippen LogP contribution in [0.2, 0.25) is 0 Å². The van der Waals surface area contributed by atoms with E-state index in [4.69, 9.17) is 4.74 Å². The highest BCUT2D eigenvalue weighted by Crippen LogP contribution is 2.09. The molecule has 0 aromatic carbocycles. The predicted molar refractivity (Wildman–Crippen MR) is 67.8 cm³/mol. The van der Waals surface area contributed by atoms with Gasteiger partial charge in [0.05, 0.1) is 13.2 Å². The summed E-state index contributed by atoms with van der Waals surface area (Å²) >= 11 is 3.56. The molecule has 1 unspecified atom stereocenters. The Kier molecular flexibility index (Phi) is 6.81. The lowest BCUT2D eigenvalue weighted by Gasteiger charge is -2.35. The third-order valence-corrected chi connectivity index (χ3v) is 3.87.